The number of aryl methyl sites for hydroxylation is 1. The lowest BCUT2D eigenvalue weighted by molar-refractivity contribution is -0.139. The molecule has 1 atom stereocenters. The lowest BCUT2D eigenvalue weighted by Crippen LogP contribution is -2.43. The van der Waals surface area contributed by atoms with E-state index in [1.165, 1.54) is 0 Å². The molecule has 0 fully saturated rings. The van der Waals surface area contributed by atoms with Crippen molar-refractivity contribution in [3.05, 3.63) is 28.8 Å². The van der Waals surface area contributed by atoms with Gasteiger partial charge in [-0.2, -0.15) is 0 Å². The molecule has 0 heterocycles. The van der Waals surface area contributed by atoms with Gasteiger partial charge in [-0.25, -0.2) is 9.59 Å². The molecule has 3 amide bonds. The standard InChI is InChI=1S/C13H16ClN3O4/c1-7-2-3-8(6-9(7)14)16-13(21)17-10(12(19)20)4-5-11(15)18/h2-3,6,10H,4-5H2,1H3,(H2,15,18)(H,19,20)(H2,16,17,21). The summed E-state index contributed by atoms with van der Waals surface area (Å²) in [5, 5.41) is 14.2. The number of carbonyl (C=O) groups is 3. The maximum atomic E-state index is 11.7. The van der Waals surface area contributed by atoms with Crippen molar-refractivity contribution in [3.8, 4) is 0 Å². The van der Waals surface area contributed by atoms with Crippen molar-refractivity contribution >= 4 is 35.2 Å². The van der Waals surface area contributed by atoms with Crippen LogP contribution >= 0.6 is 11.6 Å². The number of nitrogens with two attached hydrogens (primary N) is 1. The topological polar surface area (TPSA) is 122 Å². The fraction of sp³-hybridized carbons (Fsp3) is 0.308. The van der Waals surface area contributed by atoms with Gasteiger partial charge in [0.25, 0.3) is 0 Å². The van der Waals surface area contributed by atoms with Crippen LogP contribution in [-0.4, -0.2) is 29.1 Å². The van der Waals surface area contributed by atoms with Crippen LogP contribution < -0.4 is 16.4 Å². The third kappa shape index (κ3) is 5.70. The van der Waals surface area contributed by atoms with E-state index in [1.54, 1.807) is 18.2 Å². The molecule has 0 saturated heterocycles. The minimum atomic E-state index is -1.24. The molecule has 0 aliphatic heterocycles. The monoisotopic (exact) mass is 313 g/mol. The zero-order valence-electron chi connectivity index (χ0n) is 11.4. The summed E-state index contributed by atoms with van der Waals surface area (Å²) in [6.07, 6.45) is -0.208. The van der Waals surface area contributed by atoms with Crippen LogP contribution in [0.1, 0.15) is 18.4 Å². The molecular weight excluding hydrogens is 298 g/mol. The number of carbonyl (C=O) groups excluding carboxylic acids is 2. The summed E-state index contributed by atoms with van der Waals surface area (Å²) < 4.78 is 0. The molecule has 1 rings (SSSR count). The molecule has 8 heteroatoms. The van der Waals surface area contributed by atoms with Crippen molar-refractivity contribution < 1.29 is 19.5 Å². The van der Waals surface area contributed by atoms with Gasteiger partial charge in [0.05, 0.1) is 0 Å². The second-order valence-corrected chi connectivity index (χ2v) is 4.87. The van der Waals surface area contributed by atoms with Crippen molar-refractivity contribution in [1.29, 1.82) is 0 Å². The number of amides is 3. The van der Waals surface area contributed by atoms with Gasteiger partial charge in [-0.15, -0.1) is 0 Å². The number of carboxylic acid groups (broad SMARTS) is 1. The first-order valence-electron chi connectivity index (χ1n) is 6.14. The Hall–Kier alpha value is -2.28. The predicted molar refractivity (Wildman–Crippen MR) is 78.2 cm³/mol. The van der Waals surface area contributed by atoms with E-state index in [0.717, 1.165) is 5.56 Å². The Morgan fingerprint density at radius 2 is 2.05 bits per heavy atom. The van der Waals surface area contributed by atoms with E-state index < -0.39 is 23.9 Å². The van der Waals surface area contributed by atoms with Crippen LogP contribution in [0.4, 0.5) is 10.5 Å². The number of carboxylic acids is 1. The SMILES string of the molecule is Cc1ccc(NC(=O)NC(CCC(N)=O)C(=O)O)cc1Cl. The zero-order chi connectivity index (χ0) is 16.0. The number of nitrogens with one attached hydrogen (secondary N) is 2. The number of rotatable bonds is 6. The van der Waals surface area contributed by atoms with E-state index >= 15 is 0 Å². The number of urea groups is 1. The quantitative estimate of drug-likeness (QED) is 0.635. The van der Waals surface area contributed by atoms with Crippen LogP contribution in [0.2, 0.25) is 5.02 Å². The number of hydrogen-bond donors (Lipinski definition) is 4. The Morgan fingerprint density at radius 3 is 2.57 bits per heavy atom. The lowest BCUT2D eigenvalue weighted by Gasteiger charge is -2.14. The largest absolute Gasteiger partial charge is 0.480 e. The summed E-state index contributed by atoms with van der Waals surface area (Å²) in [5.41, 5.74) is 6.24. The summed E-state index contributed by atoms with van der Waals surface area (Å²) in [6.45, 7) is 1.82. The Bertz CT molecular complexity index is 562. The van der Waals surface area contributed by atoms with Crippen molar-refractivity contribution in [1.82, 2.24) is 5.32 Å². The highest BCUT2D eigenvalue weighted by Crippen LogP contribution is 2.19. The van der Waals surface area contributed by atoms with E-state index in [0.29, 0.717) is 10.7 Å². The Balaban J connectivity index is 2.62. The van der Waals surface area contributed by atoms with Crippen LogP contribution in [0.25, 0.3) is 0 Å². The summed E-state index contributed by atoms with van der Waals surface area (Å²) >= 11 is 5.92. The van der Waals surface area contributed by atoms with Crippen LogP contribution in [-0.2, 0) is 9.59 Å². The number of benzene rings is 1. The van der Waals surface area contributed by atoms with Gasteiger partial charge >= 0.3 is 12.0 Å². The van der Waals surface area contributed by atoms with Gasteiger partial charge in [0, 0.05) is 17.1 Å². The average molecular weight is 314 g/mol. The number of primary amides is 1. The summed E-state index contributed by atoms with van der Waals surface area (Å²) in [5.74, 6) is -1.87. The molecule has 0 aromatic heterocycles. The van der Waals surface area contributed by atoms with Gasteiger partial charge in [-0.1, -0.05) is 17.7 Å². The van der Waals surface area contributed by atoms with Crippen LogP contribution in [0.5, 0.6) is 0 Å². The lowest BCUT2D eigenvalue weighted by atomic mass is 10.1. The molecular formula is C13H16ClN3O4. The highest BCUT2D eigenvalue weighted by molar-refractivity contribution is 6.31. The van der Waals surface area contributed by atoms with Gasteiger partial charge in [0.2, 0.25) is 5.91 Å². The van der Waals surface area contributed by atoms with Gasteiger partial charge in [0.15, 0.2) is 0 Å². The van der Waals surface area contributed by atoms with Gasteiger partial charge in [-0.3, -0.25) is 4.79 Å². The van der Waals surface area contributed by atoms with Crippen LogP contribution in [0.15, 0.2) is 18.2 Å². The molecule has 0 bridgehead atoms. The normalized spacial score (nSPS) is 11.5. The predicted octanol–water partition coefficient (Wildman–Crippen LogP) is 1.49. The molecule has 0 aliphatic rings. The average Bonchev–Trinajstić information content (AvgIpc) is 2.38. The maximum absolute atomic E-state index is 11.7. The molecule has 0 spiro atoms. The molecule has 114 valence electrons. The summed E-state index contributed by atoms with van der Waals surface area (Å²) in [4.78, 5) is 33.4. The van der Waals surface area contributed by atoms with Crippen molar-refractivity contribution in [2.24, 2.45) is 5.73 Å². The highest BCUT2D eigenvalue weighted by atomic mass is 35.5. The van der Waals surface area contributed by atoms with Gasteiger partial charge in [0.1, 0.15) is 6.04 Å². The van der Waals surface area contributed by atoms with E-state index in [-0.39, 0.29) is 12.8 Å². The van der Waals surface area contributed by atoms with E-state index in [4.69, 9.17) is 22.4 Å². The second kappa shape index (κ2) is 7.49. The fourth-order valence-electron chi connectivity index (χ4n) is 1.54. The van der Waals surface area contributed by atoms with E-state index in [9.17, 15) is 14.4 Å². The Labute approximate surface area is 126 Å². The second-order valence-electron chi connectivity index (χ2n) is 4.46. The molecule has 21 heavy (non-hydrogen) atoms. The van der Waals surface area contributed by atoms with E-state index in [2.05, 4.69) is 10.6 Å². The number of aliphatic carboxylic acids is 1. The highest BCUT2D eigenvalue weighted by Gasteiger charge is 2.20. The smallest absolute Gasteiger partial charge is 0.326 e. The molecule has 0 radical (unpaired) electrons. The number of halogens is 1. The van der Waals surface area contributed by atoms with Crippen LogP contribution in [0.3, 0.4) is 0 Å². The van der Waals surface area contributed by atoms with Crippen molar-refractivity contribution in [2.45, 2.75) is 25.8 Å². The Morgan fingerprint density at radius 1 is 1.38 bits per heavy atom. The first kappa shape index (κ1) is 16.8. The zero-order valence-corrected chi connectivity index (χ0v) is 12.1. The molecule has 0 aliphatic carbocycles. The third-order valence-corrected chi connectivity index (χ3v) is 3.12. The molecule has 1 unspecified atom stereocenters. The van der Waals surface area contributed by atoms with Crippen molar-refractivity contribution in [2.75, 3.05) is 5.32 Å². The molecule has 1 aromatic carbocycles. The third-order valence-electron chi connectivity index (χ3n) is 2.71. The first-order chi connectivity index (χ1) is 9.79. The summed E-state index contributed by atoms with van der Waals surface area (Å²) in [7, 11) is 0. The van der Waals surface area contributed by atoms with Gasteiger partial charge < -0.3 is 21.5 Å². The maximum Gasteiger partial charge on any atom is 0.326 e. The minimum absolute atomic E-state index is 0.0766. The number of anilines is 1. The minimum Gasteiger partial charge on any atom is -0.480 e. The van der Waals surface area contributed by atoms with Gasteiger partial charge in [-0.05, 0) is 31.0 Å². The Kier molecular flexibility index (Phi) is 5.98. The first-order valence-corrected chi connectivity index (χ1v) is 6.52. The molecule has 7 nitrogen and oxygen atoms in total. The van der Waals surface area contributed by atoms with E-state index in [1.807, 2.05) is 6.92 Å². The van der Waals surface area contributed by atoms with Crippen molar-refractivity contribution in [3.63, 3.8) is 0 Å². The van der Waals surface area contributed by atoms with Crippen LogP contribution in [0, 0.1) is 6.92 Å². The molecule has 1 aromatic rings. The molecule has 0 saturated carbocycles. The number of hydrogen-bond acceptors (Lipinski definition) is 3. The fourth-order valence-corrected chi connectivity index (χ4v) is 1.72. The molecule has 5 N–H and O–H groups in total. The summed E-state index contributed by atoms with van der Waals surface area (Å²) in [6, 6.07) is 3.01.